The summed E-state index contributed by atoms with van der Waals surface area (Å²) in [6, 6.07) is 6.86. The first-order valence-corrected chi connectivity index (χ1v) is 11.4. The molecule has 3 aromatic rings. The Kier molecular flexibility index (Phi) is 5.86. The zero-order chi connectivity index (χ0) is 22.2. The van der Waals surface area contributed by atoms with Gasteiger partial charge in [0, 0.05) is 37.3 Å². The van der Waals surface area contributed by atoms with Gasteiger partial charge in [0.15, 0.2) is 0 Å². The van der Waals surface area contributed by atoms with Gasteiger partial charge in [-0.05, 0) is 61.4 Å². The highest BCUT2D eigenvalue weighted by Crippen LogP contribution is 2.37. The fourth-order valence-electron chi connectivity index (χ4n) is 5.00. The average Bonchev–Trinajstić information content (AvgIpc) is 3.41. The van der Waals surface area contributed by atoms with Gasteiger partial charge >= 0.3 is 0 Å². The standard InChI is InChI=1S/C24H24ClF2N3O2/c25-18-11-23-21(28-13-18)5-7-29(23)14-15-1-3-16(4-2-15)24(31)30-22(6-8-32-30)17-9-19(26)12-20(27)10-17/h5,7,9-13,15-16,22H,1-4,6,8,14H2/t15?,16?,22-/m0/s1. The maximum Gasteiger partial charge on any atom is 0.249 e. The first-order valence-electron chi connectivity index (χ1n) is 11.0. The van der Waals surface area contributed by atoms with Crippen molar-refractivity contribution >= 4 is 28.5 Å². The molecule has 1 saturated carbocycles. The molecule has 32 heavy (non-hydrogen) atoms. The molecule has 5 nitrogen and oxygen atoms in total. The number of fused-ring (bicyclic) bond motifs is 1. The van der Waals surface area contributed by atoms with Crippen LogP contribution in [0.25, 0.3) is 11.0 Å². The van der Waals surface area contributed by atoms with Crippen LogP contribution in [0.5, 0.6) is 0 Å². The van der Waals surface area contributed by atoms with Gasteiger partial charge in [-0.1, -0.05) is 11.6 Å². The molecular formula is C24H24ClF2N3O2. The number of amides is 1. The SMILES string of the molecule is O=C(C1CCC(Cn2ccc3ncc(Cl)cc32)CC1)N1OCC[C@H]1c1cc(F)cc(F)c1. The number of carbonyl (C=O) groups is 1. The molecule has 3 heterocycles. The third-order valence-electron chi connectivity index (χ3n) is 6.63. The Bertz CT molecular complexity index is 1120. The molecule has 0 unspecified atom stereocenters. The fourth-order valence-corrected chi connectivity index (χ4v) is 5.16. The lowest BCUT2D eigenvalue weighted by atomic mass is 9.81. The molecule has 1 aliphatic carbocycles. The number of hydroxylamine groups is 2. The van der Waals surface area contributed by atoms with Gasteiger partial charge in [0.05, 0.1) is 28.7 Å². The molecule has 0 spiro atoms. The van der Waals surface area contributed by atoms with Gasteiger partial charge in [-0.3, -0.25) is 14.6 Å². The number of rotatable bonds is 4. The summed E-state index contributed by atoms with van der Waals surface area (Å²) in [5.74, 6) is -1.05. The van der Waals surface area contributed by atoms with Crippen LogP contribution < -0.4 is 0 Å². The van der Waals surface area contributed by atoms with E-state index in [1.165, 1.54) is 17.2 Å². The topological polar surface area (TPSA) is 47.4 Å². The van der Waals surface area contributed by atoms with E-state index < -0.39 is 17.7 Å². The molecule has 1 atom stereocenters. The van der Waals surface area contributed by atoms with Crippen LogP contribution in [0.1, 0.15) is 43.7 Å². The predicted molar refractivity (Wildman–Crippen MR) is 117 cm³/mol. The third-order valence-corrected chi connectivity index (χ3v) is 6.83. The van der Waals surface area contributed by atoms with E-state index in [4.69, 9.17) is 16.4 Å². The summed E-state index contributed by atoms with van der Waals surface area (Å²) in [6.07, 6.45) is 7.61. The average molecular weight is 460 g/mol. The van der Waals surface area contributed by atoms with Crippen molar-refractivity contribution in [2.75, 3.05) is 6.61 Å². The summed E-state index contributed by atoms with van der Waals surface area (Å²) >= 11 is 6.11. The van der Waals surface area contributed by atoms with E-state index in [1.54, 1.807) is 6.20 Å². The molecule has 1 amide bonds. The lowest BCUT2D eigenvalue weighted by Crippen LogP contribution is -2.37. The summed E-state index contributed by atoms with van der Waals surface area (Å²) in [5, 5.41) is 1.97. The second-order valence-corrected chi connectivity index (χ2v) is 9.18. The van der Waals surface area contributed by atoms with Crippen LogP contribution in [-0.2, 0) is 16.2 Å². The lowest BCUT2D eigenvalue weighted by Gasteiger charge is -2.32. The molecule has 1 aliphatic heterocycles. The van der Waals surface area contributed by atoms with Crippen molar-refractivity contribution in [3.63, 3.8) is 0 Å². The van der Waals surface area contributed by atoms with Crippen molar-refractivity contribution in [2.24, 2.45) is 11.8 Å². The number of hydrogen-bond donors (Lipinski definition) is 0. The number of nitrogens with zero attached hydrogens (tertiary/aromatic N) is 3. The van der Waals surface area contributed by atoms with Gasteiger partial charge in [0.1, 0.15) is 11.6 Å². The summed E-state index contributed by atoms with van der Waals surface area (Å²) in [6.45, 7) is 1.22. The van der Waals surface area contributed by atoms with Gasteiger partial charge in [0.2, 0.25) is 5.91 Å². The minimum atomic E-state index is -0.645. The minimum absolute atomic E-state index is 0.0852. The number of pyridine rings is 1. The summed E-state index contributed by atoms with van der Waals surface area (Å²) in [4.78, 5) is 23.1. The minimum Gasteiger partial charge on any atom is -0.346 e. The molecule has 168 valence electrons. The Balaban J connectivity index is 1.22. The molecule has 1 aromatic carbocycles. The maximum atomic E-state index is 13.7. The third kappa shape index (κ3) is 4.24. The molecule has 0 bridgehead atoms. The van der Waals surface area contributed by atoms with Crippen molar-refractivity contribution < 1.29 is 18.4 Å². The molecule has 2 aliphatic rings. The number of halogens is 3. The fraction of sp³-hybridized carbons (Fsp3) is 0.417. The molecule has 5 rings (SSSR count). The van der Waals surface area contributed by atoms with E-state index in [0.29, 0.717) is 29.5 Å². The van der Waals surface area contributed by atoms with Gasteiger partial charge in [0.25, 0.3) is 0 Å². The normalized spacial score (nSPS) is 23.7. The Hall–Kier alpha value is -2.51. The van der Waals surface area contributed by atoms with Crippen LogP contribution in [0.15, 0.2) is 42.7 Å². The highest BCUT2D eigenvalue weighted by atomic mass is 35.5. The Morgan fingerprint density at radius 1 is 1.09 bits per heavy atom. The molecule has 2 aromatic heterocycles. The molecular weight excluding hydrogens is 436 g/mol. The van der Waals surface area contributed by atoms with E-state index >= 15 is 0 Å². The van der Waals surface area contributed by atoms with Crippen molar-refractivity contribution in [1.82, 2.24) is 14.6 Å². The van der Waals surface area contributed by atoms with E-state index in [9.17, 15) is 13.6 Å². The summed E-state index contributed by atoms with van der Waals surface area (Å²) in [7, 11) is 0. The van der Waals surface area contributed by atoms with E-state index in [-0.39, 0.29) is 11.8 Å². The van der Waals surface area contributed by atoms with Crippen LogP contribution in [0, 0.1) is 23.5 Å². The van der Waals surface area contributed by atoms with Gasteiger partial charge in [-0.25, -0.2) is 13.8 Å². The van der Waals surface area contributed by atoms with Crippen molar-refractivity contribution in [3.05, 3.63) is 64.9 Å². The van der Waals surface area contributed by atoms with Crippen molar-refractivity contribution in [2.45, 2.75) is 44.7 Å². The first kappa shape index (κ1) is 21.3. The van der Waals surface area contributed by atoms with Crippen LogP contribution >= 0.6 is 11.6 Å². The lowest BCUT2D eigenvalue weighted by molar-refractivity contribution is -0.183. The first-order chi connectivity index (χ1) is 15.5. The van der Waals surface area contributed by atoms with Crippen LogP contribution in [0.2, 0.25) is 5.02 Å². The number of carbonyl (C=O) groups excluding carboxylic acids is 1. The Morgan fingerprint density at radius 3 is 2.59 bits per heavy atom. The highest BCUT2D eigenvalue weighted by Gasteiger charge is 2.37. The zero-order valence-corrected chi connectivity index (χ0v) is 18.3. The van der Waals surface area contributed by atoms with Crippen molar-refractivity contribution in [1.29, 1.82) is 0 Å². The second kappa shape index (κ2) is 8.79. The largest absolute Gasteiger partial charge is 0.346 e. The highest BCUT2D eigenvalue weighted by molar-refractivity contribution is 6.31. The molecule has 1 saturated heterocycles. The predicted octanol–water partition coefficient (Wildman–Crippen LogP) is 5.68. The Labute approximate surface area is 189 Å². The van der Waals surface area contributed by atoms with Gasteiger partial charge < -0.3 is 4.57 Å². The quantitative estimate of drug-likeness (QED) is 0.504. The smallest absolute Gasteiger partial charge is 0.249 e. The number of hydrogen-bond acceptors (Lipinski definition) is 3. The summed E-state index contributed by atoms with van der Waals surface area (Å²) in [5.41, 5.74) is 2.38. The van der Waals surface area contributed by atoms with Gasteiger partial charge in [-0.2, -0.15) is 0 Å². The zero-order valence-electron chi connectivity index (χ0n) is 17.5. The Morgan fingerprint density at radius 2 is 1.84 bits per heavy atom. The van der Waals surface area contributed by atoms with Crippen molar-refractivity contribution in [3.8, 4) is 0 Å². The number of benzene rings is 1. The van der Waals surface area contributed by atoms with E-state index in [2.05, 4.69) is 9.55 Å². The molecule has 0 radical (unpaired) electrons. The molecule has 8 heteroatoms. The molecule has 0 N–H and O–H groups in total. The number of aromatic nitrogens is 2. The van der Waals surface area contributed by atoms with E-state index in [0.717, 1.165) is 49.3 Å². The maximum absolute atomic E-state index is 13.7. The van der Waals surface area contributed by atoms with Crippen LogP contribution in [0.3, 0.4) is 0 Å². The monoisotopic (exact) mass is 459 g/mol. The van der Waals surface area contributed by atoms with Gasteiger partial charge in [-0.15, -0.1) is 0 Å². The van der Waals surface area contributed by atoms with Crippen LogP contribution in [-0.4, -0.2) is 27.1 Å². The van der Waals surface area contributed by atoms with Crippen LogP contribution in [0.4, 0.5) is 8.78 Å². The molecule has 2 fully saturated rings. The summed E-state index contributed by atoms with van der Waals surface area (Å²) < 4.78 is 29.5. The second-order valence-electron chi connectivity index (χ2n) is 8.75. The van der Waals surface area contributed by atoms with E-state index in [1.807, 2.05) is 18.3 Å².